The molecule has 1 aromatic rings. The Kier molecular flexibility index (Phi) is 4.18. The second-order valence-corrected chi connectivity index (χ2v) is 3.15. The maximum Gasteiger partial charge on any atom is 0.228 e. The summed E-state index contributed by atoms with van der Waals surface area (Å²) in [4.78, 5) is 20.0. The lowest BCUT2D eigenvalue weighted by molar-refractivity contribution is -0.116. The fourth-order valence-corrected chi connectivity index (χ4v) is 1.11. The van der Waals surface area contributed by atoms with Gasteiger partial charge in [0.1, 0.15) is 5.82 Å². The molecule has 0 aromatic carbocycles. The van der Waals surface area contributed by atoms with Crippen LogP contribution in [0.25, 0.3) is 0 Å². The molecule has 1 heterocycles. The van der Waals surface area contributed by atoms with Gasteiger partial charge in [0.25, 0.3) is 0 Å². The first-order chi connectivity index (χ1) is 8.08. The SMILES string of the molecule is C=C/C(=C/N(C)c1ccnc(N)n1)N(N)C=O. The van der Waals surface area contributed by atoms with E-state index in [9.17, 15) is 4.79 Å². The molecule has 1 aromatic heterocycles. The molecule has 0 spiro atoms. The minimum Gasteiger partial charge on any atom is -0.368 e. The third-order valence-corrected chi connectivity index (χ3v) is 1.97. The van der Waals surface area contributed by atoms with Gasteiger partial charge in [-0.1, -0.05) is 6.58 Å². The Morgan fingerprint density at radius 1 is 1.59 bits per heavy atom. The van der Waals surface area contributed by atoms with Crippen LogP contribution in [0.5, 0.6) is 0 Å². The predicted octanol–water partition coefficient (Wildman–Crippen LogP) is -0.146. The van der Waals surface area contributed by atoms with E-state index in [-0.39, 0.29) is 5.95 Å². The van der Waals surface area contributed by atoms with Gasteiger partial charge in [-0.25, -0.2) is 15.8 Å². The molecular formula is C10H14N6O. The number of hydrogen-bond acceptors (Lipinski definition) is 6. The first-order valence-corrected chi connectivity index (χ1v) is 4.73. The van der Waals surface area contributed by atoms with E-state index in [0.29, 0.717) is 17.9 Å². The molecule has 1 rings (SSSR count). The van der Waals surface area contributed by atoms with Crippen molar-refractivity contribution < 1.29 is 4.79 Å². The smallest absolute Gasteiger partial charge is 0.228 e. The molecular weight excluding hydrogens is 220 g/mol. The van der Waals surface area contributed by atoms with E-state index in [1.54, 1.807) is 24.2 Å². The van der Waals surface area contributed by atoms with Gasteiger partial charge < -0.3 is 10.6 Å². The number of nitrogens with zero attached hydrogens (tertiary/aromatic N) is 4. The van der Waals surface area contributed by atoms with Crippen molar-refractivity contribution in [1.29, 1.82) is 0 Å². The monoisotopic (exact) mass is 234 g/mol. The number of carbonyl (C=O) groups is 1. The van der Waals surface area contributed by atoms with E-state index < -0.39 is 0 Å². The number of rotatable bonds is 5. The van der Waals surface area contributed by atoms with Crippen molar-refractivity contribution in [1.82, 2.24) is 15.0 Å². The van der Waals surface area contributed by atoms with Crippen molar-refractivity contribution >= 4 is 18.2 Å². The highest BCUT2D eigenvalue weighted by Gasteiger charge is 2.04. The maximum absolute atomic E-state index is 10.5. The van der Waals surface area contributed by atoms with Crippen LogP contribution in [0.4, 0.5) is 11.8 Å². The van der Waals surface area contributed by atoms with Crippen LogP contribution in [0.1, 0.15) is 0 Å². The van der Waals surface area contributed by atoms with Crippen LogP contribution in [0, 0.1) is 0 Å². The lowest BCUT2D eigenvalue weighted by Crippen LogP contribution is -2.29. The average Bonchev–Trinajstić information content (AvgIpc) is 2.34. The molecule has 0 radical (unpaired) electrons. The largest absolute Gasteiger partial charge is 0.368 e. The Hall–Kier alpha value is -2.41. The lowest BCUT2D eigenvalue weighted by Gasteiger charge is -2.17. The number of allylic oxidation sites excluding steroid dienone is 1. The number of nitrogens with two attached hydrogens (primary N) is 2. The summed E-state index contributed by atoms with van der Waals surface area (Å²) in [5, 5.41) is 0.911. The van der Waals surface area contributed by atoms with Crippen LogP contribution in [-0.4, -0.2) is 28.4 Å². The Morgan fingerprint density at radius 2 is 2.29 bits per heavy atom. The van der Waals surface area contributed by atoms with Crippen LogP contribution >= 0.6 is 0 Å². The number of amides is 1. The van der Waals surface area contributed by atoms with Gasteiger partial charge in [-0.2, -0.15) is 4.98 Å². The summed E-state index contributed by atoms with van der Waals surface area (Å²) in [7, 11) is 1.74. The zero-order chi connectivity index (χ0) is 12.8. The number of anilines is 2. The molecule has 1 amide bonds. The van der Waals surface area contributed by atoms with Crippen molar-refractivity contribution in [3.05, 3.63) is 36.8 Å². The van der Waals surface area contributed by atoms with Gasteiger partial charge in [-0.05, 0) is 12.1 Å². The van der Waals surface area contributed by atoms with Crippen LogP contribution < -0.4 is 16.5 Å². The molecule has 7 nitrogen and oxygen atoms in total. The molecule has 0 aliphatic rings. The first kappa shape index (κ1) is 12.7. The molecule has 90 valence electrons. The second kappa shape index (κ2) is 5.61. The Balaban J connectivity index is 2.96. The number of nitrogen functional groups attached to an aromatic ring is 1. The fourth-order valence-electron chi connectivity index (χ4n) is 1.11. The molecule has 4 N–H and O–H groups in total. The predicted molar refractivity (Wildman–Crippen MR) is 65.2 cm³/mol. The van der Waals surface area contributed by atoms with Gasteiger partial charge in [0.05, 0.1) is 5.70 Å². The van der Waals surface area contributed by atoms with E-state index in [0.717, 1.165) is 5.01 Å². The minimum absolute atomic E-state index is 0.169. The third kappa shape index (κ3) is 3.28. The van der Waals surface area contributed by atoms with Crippen LogP contribution in [-0.2, 0) is 4.79 Å². The highest BCUT2D eigenvalue weighted by Crippen LogP contribution is 2.11. The van der Waals surface area contributed by atoms with Crippen LogP contribution in [0.15, 0.2) is 36.8 Å². The minimum atomic E-state index is 0.169. The third-order valence-electron chi connectivity index (χ3n) is 1.97. The van der Waals surface area contributed by atoms with Crippen molar-refractivity contribution in [2.45, 2.75) is 0 Å². The van der Waals surface area contributed by atoms with Gasteiger partial charge in [0, 0.05) is 19.4 Å². The summed E-state index contributed by atoms with van der Waals surface area (Å²) < 4.78 is 0. The Morgan fingerprint density at radius 3 is 2.82 bits per heavy atom. The normalized spacial score (nSPS) is 10.8. The Bertz CT molecular complexity index is 444. The standard InChI is InChI=1S/C10H14N6O/c1-3-8(16(12)7-17)6-15(2)9-4-5-13-10(11)14-9/h3-7H,1,12H2,2H3,(H2,11,13,14)/b8-6-. The summed E-state index contributed by atoms with van der Waals surface area (Å²) in [6.45, 7) is 3.56. The van der Waals surface area contributed by atoms with E-state index in [1.165, 1.54) is 12.3 Å². The molecule has 0 saturated carbocycles. The molecule has 17 heavy (non-hydrogen) atoms. The van der Waals surface area contributed by atoms with E-state index in [4.69, 9.17) is 11.6 Å². The average molecular weight is 234 g/mol. The number of aromatic nitrogens is 2. The molecule has 0 unspecified atom stereocenters. The number of carbonyl (C=O) groups excluding carboxylic acids is 1. The zero-order valence-electron chi connectivity index (χ0n) is 9.45. The molecule has 0 bridgehead atoms. The number of hydrogen-bond donors (Lipinski definition) is 2. The molecule has 0 fully saturated rings. The second-order valence-electron chi connectivity index (χ2n) is 3.15. The topological polar surface area (TPSA) is 101 Å². The molecule has 0 aliphatic heterocycles. The summed E-state index contributed by atoms with van der Waals surface area (Å²) in [6.07, 6.45) is 5.07. The van der Waals surface area contributed by atoms with E-state index >= 15 is 0 Å². The summed E-state index contributed by atoms with van der Waals surface area (Å²) in [6, 6.07) is 1.68. The zero-order valence-corrected chi connectivity index (χ0v) is 9.45. The lowest BCUT2D eigenvalue weighted by atomic mass is 10.4. The molecule has 0 atom stereocenters. The van der Waals surface area contributed by atoms with Crippen LogP contribution in [0.2, 0.25) is 0 Å². The van der Waals surface area contributed by atoms with Gasteiger partial charge in [0.15, 0.2) is 0 Å². The maximum atomic E-state index is 10.5. The van der Waals surface area contributed by atoms with Crippen LogP contribution in [0.3, 0.4) is 0 Å². The highest BCUT2D eigenvalue weighted by atomic mass is 16.1. The van der Waals surface area contributed by atoms with Crippen molar-refractivity contribution in [3.63, 3.8) is 0 Å². The summed E-state index contributed by atoms with van der Waals surface area (Å²) in [5.74, 6) is 6.17. The number of hydrazine groups is 1. The van der Waals surface area contributed by atoms with Gasteiger partial charge in [-0.15, -0.1) is 0 Å². The summed E-state index contributed by atoms with van der Waals surface area (Å²) >= 11 is 0. The van der Waals surface area contributed by atoms with Crippen molar-refractivity contribution in [2.24, 2.45) is 5.84 Å². The summed E-state index contributed by atoms with van der Waals surface area (Å²) in [5.41, 5.74) is 5.89. The van der Waals surface area contributed by atoms with Gasteiger partial charge >= 0.3 is 0 Å². The highest BCUT2D eigenvalue weighted by molar-refractivity contribution is 5.53. The van der Waals surface area contributed by atoms with Gasteiger partial charge in [0.2, 0.25) is 12.4 Å². The fraction of sp³-hybridized carbons (Fsp3) is 0.100. The van der Waals surface area contributed by atoms with Crippen molar-refractivity contribution in [2.75, 3.05) is 17.7 Å². The first-order valence-electron chi connectivity index (χ1n) is 4.73. The van der Waals surface area contributed by atoms with E-state index in [1.807, 2.05) is 0 Å². The molecule has 0 saturated heterocycles. The quantitative estimate of drug-likeness (QED) is 0.242. The van der Waals surface area contributed by atoms with Crippen molar-refractivity contribution in [3.8, 4) is 0 Å². The molecule has 0 aliphatic carbocycles. The molecule has 7 heteroatoms. The Labute approximate surface area is 99.0 Å². The van der Waals surface area contributed by atoms with Gasteiger partial charge in [-0.3, -0.25) is 4.79 Å². The van der Waals surface area contributed by atoms with E-state index in [2.05, 4.69) is 16.5 Å².